The van der Waals surface area contributed by atoms with Crippen LogP contribution in [0.15, 0.2) is 54.7 Å². The Morgan fingerprint density at radius 1 is 1.06 bits per heavy atom. The minimum atomic E-state index is -0.0392. The Hall–Kier alpha value is -1.67. The van der Waals surface area contributed by atoms with Gasteiger partial charge in [-0.25, -0.2) is 0 Å². The largest absolute Gasteiger partial charge is 0.292 e. The van der Waals surface area contributed by atoms with Gasteiger partial charge in [0.15, 0.2) is 0 Å². The number of aromatic nitrogens is 1. The zero-order valence-electron chi connectivity index (χ0n) is 10.7. The van der Waals surface area contributed by atoms with Gasteiger partial charge in [-0.05, 0) is 44.1 Å². The molecule has 0 radical (unpaired) electrons. The van der Waals surface area contributed by atoms with Crippen LogP contribution in [0.5, 0.6) is 0 Å². The Labute approximate surface area is 108 Å². The molecule has 1 aromatic heterocycles. The summed E-state index contributed by atoms with van der Waals surface area (Å²) in [4.78, 5) is 7.05. The van der Waals surface area contributed by atoms with Crippen LogP contribution < -0.4 is 0 Å². The zero-order valence-corrected chi connectivity index (χ0v) is 10.7. The Morgan fingerprint density at radius 3 is 2.44 bits per heavy atom. The van der Waals surface area contributed by atoms with Gasteiger partial charge in [0, 0.05) is 6.20 Å². The Balaban J connectivity index is 2.17. The molecule has 18 heavy (non-hydrogen) atoms. The van der Waals surface area contributed by atoms with Crippen molar-refractivity contribution in [1.29, 1.82) is 0 Å². The van der Waals surface area contributed by atoms with E-state index in [2.05, 4.69) is 59.4 Å². The molecule has 1 atom stereocenters. The molecule has 2 heterocycles. The molecule has 1 saturated heterocycles. The molecule has 1 unspecified atom stereocenters. The molecule has 0 spiro atoms. The number of likely N-dealkylation sites (tertiary alicyclic amines) is 1. The number of benzene rings is 1. The van der Waals surface area contributed by atoms with Crippen molar-refractivity contribution in [3.05, 3.63) is 66.0 Å². The summed E-state index contributed by atoms with van der Waals surface area (Å²) in [6.45, 7) is 1.13. The van der Waals surface area contributed by atoms with Crippen LogP contribution in [0, 0.1) is 0 Å². The van der Waals surface area contributed by atoms with Crippen molar-refractivity contribution in [2.24, 2.45) is 0 Å². The van der Waals surface area contributed by atoms with Crippen LogP contribution >= 0.6 is 0 Å². The first-order chi connectivity index (χ1) is 8.84. The molecule has 0 N–H and O–H groups in total. The van der Waals surface area contributed by atoms with E-state index in [1.165, 1.54) is 12.0 Å². The van der Waals surface area contributed by atoms with Gasteiger partial charge in [0.2, 0.25) is 0 Å². The van der Waals surface area contributed by atoms with E-state index >= 15 is 0 Å². The zero-order chi connectivity index (χ0) is 12.4. The highest BCUT2D eigenvalue weighted by Crippen LogP contribution is 2.42. The highest BCUT2D eigenvalue weighted by atomic mass is 15.2. The average molecular weight is 238 g/mol. The van der Waals surface area contributed by atoms with Crippen LogP contribution in [0.3, 0.4) is 0 Å². The van der Waals surface area contributed by atoms with Crippen LogP contribution in [0.1, 0.15) is 24.1 Å². The van der Waals surface area contributed by atoms with Gasteiger partial charge in [-0.1, -0.05) is 36.4 Å². The van der Waals surface area contributed by atoms with Gasteiger partial charge in [-0.15, -0.1) is 0 Å². The maximum absolute atomic E-state index is 4.62. The van der Waals surface area contributed by atoms with Gasteiger partial charge < -0.3 is 0 Å². The maximum Gasteiger partial charge on any atom is 0.0886 e. The van der Waals surface area contributed by atoms with Gasteiger partial charge in [-0.3, -0.25) is 9.88 Å². The average Bonchev–Trinajstić information content (AvgIpc) is 2.84. The minimum absolute atomic E-state index is 0.0392. The molecule has 2 nitrogen and oxygen atoms in total. The molecule has 1 aliphatic rings. The van der Waals surface area contributed by atoms with Crippen molar-refractivity contribution in [2.75, 3.05) is 13.6 Å². The van der Waals surface area contributed by atoms with Crippen molar-refractivity contribution in [1.82, 2.24) is 9.88 Å². The molecule has 2 heteroatoms. The molecule has 0 amide bonds. The normalized spacial score (nSPS) is 24.3. The van der Waals surface area contributed by atoms with Crippen molar-refractivity contribution < 1.29 is 0 Å². The molecule has 2 aromatic rings. The highest BCUT2D eigenvalue weighted by molar-refractivity contribution is 5.36. The second-order valence-corrected chi connectivity index (χ2v) is 4.97. The first-order valence-corrected chi connectivity index (χ1v) is 6.52. The van der Waals surface area contributed by atoms with E-state index in [-0.39, 0.29) is 5.54 Å². The lowest BCUT2D eigenvalue weighted by Crippen LogP contribution is -2.40. The van der Waals surface area contributed by atoms with Crippen LogP contribution in [-0.2, 0) is 5.54 Å². The van der Waals surface area contributed by atoms with E-state index in [0.717, 1.165) is 18.7 Å². The number of hydrogen-bond donors (Lipinski definition) is 0. The summed E-state index contributed by atoms with van der Waals surface area (Å²) in [6.07, 6.45) is 4.26. The Bertz CT molecular complexity index is 468. The summed E-state index contributed by atoms with van der Waals surface area (Å²) in [7, 11) is 2.20. The van der Waals surface area contributed by atoms with Crippen molar-refractivity contribution in [3.8, 4) is 0 Å². The summed E-state index contributed by atoms with van der Waals surface area (Å²) in [5.41, 5.74) is 2.47. The number of rotatable bonds is 2. The second-order valence-electron chi connectivity index (χ2n) is 4.97. The van der Waals surface area contributed by atoms with E-state index < -0.39 is 0 Å². The molecule has 92 valence electrons. The van der Waals surface area contributed by atoms with E-state index in [4.69, 9.17) is 0 Å². The van der Waals surface area contributed by atoms with E-state index in [0.29, 0.717) is 0 Å². The lowest BCUT2D eigenvalue weighted by Gasteiger charge is -2.36. The van der Waals surface area contributed by atoms with E-state index in [9.17, 15) is 0 Å². The lowest BCUT2D eigenvalue weighted by molar-refractivity contribution is 0.216. The summed E-state index contributed by atoms with van der Waals surface area (Å²) >= 11 is 0. The third-order valence-electron chi connectivity index (χ3n) is 4.02. The number of pyridine rings is 1. The SMILES string of the molecule is CN1CCCC1(c1ccccc1)c1ccccn1. The highest BCUT2D eigenvalue weighted by Gasteiger charge is 2.42. The van der Waals surface area contributed by atoms with Gasteiger partial charge in [0.25, 0.3) is 0 Å². The molecule has 1 fully saturated rings. The molecule has 0 bridgehead atoms. The molecule has 0 aliphatic carbocycles. The van der Waals surface area contributed by atoms with Gasteiger partial charge >= 0.3 is 0 Å². The van der Waals surface area contributed by atoms with Crippen LogP contribution in [0.25, 0.3) is 0 Å². The fourth-order valence-corrected chi connectivity index (χ4v) is 3.11. The van der Waals surface area contributed by atoms with Gasteiger partial charge in [-0.2, -0.15) is 0 Å². The molecule has 0 saturated carbocycles. The second kappa shape index (κ2) is 4.54. The standard InChI is InChI=1S/C16H18N2/c1-18-13-7-11-16(18,14-8-3-2-4-9-14)15-10-5-6-12-17-15/h2-6,8-10,12H,7,11,13H2,1H3. The molecule has 1 aliphatic heterocycles. The Morgan fingerprint density at radius 2 is 1.83 bits per heavy atom. The minimum Gasteiger partial charge on any atom is -0.292 e. The van der Waals surface area contributed by atoms with Gasteiger partial charge in [0.05, 0.1) is 11.2 Å². The summed E-state index contributed by atoms with van der Waals surface area (Å²) in [5.74, 6) is 0. The van der Waals surface area contributed by atoms with Crippen LogP contribution in [0.2, 0.25) is 0 Å². The third-order valence-corrected chi connectivity index (χ3v) is 4.02. The van der Waals surface area contributed by atoms with Crippen LogP contribution in [0.4, 0.5) is 0 Å². The number of hydrogen-bond acceptors (Lipinski definition) is 2. The van der Waals surface area contributed by atoms with Crippen molar-refractivity contribution in [3.63, 3.8) is 0 Å². The lowest BCUT2D eigenvalue weighted by atomic mass is 9.84. The fourth-order valence-electron chi connectivity index (χ4n) is 3.11. The first kappa shape index (κ1) is 11.4. The summed E-state index contributed by atoms with van der Waals surface area (Å²) in [5, 5.41) is 0. The fraction of sp³-hybridized carbons (Fsp3) is 0.312. The smallest absolute Gasteiger partial charge is 0.0886 e. The van der Waals surface area contributed by atoms with E-state index in [1.807, 2.05) is 12.3 Å². The van der Waals surface area contributed by atoms with Crippen molar-refractivity contribution >= 4 is 0 Å². The maximum atomic E-state index is 4.62. The van der Waals surface area contributed by atoms with E-state index in [1.54, 1.807) is 0 Å². The molecular formula is C16H18N2. The molecular weight excluding hydrogens is 220 g/mol. The molecule has 1 aromatic carbocycles. The van der Waals surface area contributed by atoms with Crippen molar-refractivity contribution in [2.45, 2.75) is 18.4 Å². The molecule has 3 rings (SSSR count). The van der Waals surface area contributed by atoms with Gasteiger partial charge in [0.1, 0.15) is 0 Å². The quantitative estimate of drug-likeness (QED) is 0.799. The summed E-state index contributed by atoms with van der Waals surface area (Å²) < 4.78 is 0. The number of nitrogens with zero attached hydrogens (tertiary/aromatic N) is 2. The topological polar surface area (TPSA) is 16.1 Å². The monoisotopic (exact) mass is 238 g/mol. The first-order valence-electron chi connectivity index (χ1n) is 6.52. The summed E-state index contributed by atoms with van der Waals surface area (Å²) in [6, 6.07) is 17.0. The third kappa shape index (κ3) is 1.65. The predicted molar refractivity (Wildman–Crippen MR) is 73.3 cm³/mol. The Kier molecular flexibility index (Phi) is 2.88. The predicted octanol–water partition coefficient (Wildman–Crippen LogP) is 3.05. The van der Waals surface area contributed by atoms with Crippen LogP contribution in [-0.4, -0.2) is 23.5 Å².